The van der Waals surface area contributed by atoms with E-state index in [2.05, 4.69) is 32.0 Å². The highest BCUT2D eigenvalue weighted by Crippen LogP contribution is 2.28. The van der Waals surface area contributed by atoms with Gasteiger partial charge in [0, 0.05) is 37.1 Å². The zero-order valence-corrected chi connectivity index (χ0v) is 19.2. The minimum absolute atomic E-state index is 0.142. The van der Waals surface area contributed by atoms with Crippen molar-refractivity contribution in [1.82, 2.24) is 35.0 Å². The summed E-state index contributed by atoms with van der Waals surface area (Å²) in [6.07, 6.45) is 7.04. The van der Waals surface area contributed by atoms with Crippen molar-refractivity contribution in [2.45, 2.75) is 32.9 Å². The summed E-state index contributed by atoms with van der Waals surface area (Å²) in [6.45, 7) is 6.36. The topological polar surface area (TPSA) is 115 Å². The molecule has 0 aliphatic heterocycles. The minimum atomic E-state index is -0.314. The molecule has 33 heavy (non-hydrogen) atoms. The van der Waals surface area contributed by atoms with E-state index in [4.69, 9.17) is 5.73 Å². The molecule has 0 radical (unpaired) electrons. The van der Waals surface area contributed by atoms with Crippen LogP contribution in [0.25, 0.3) is 28.0 Å². The van der Waals surface area contributed by atoms with Crippen LogP contribution in [-0.2, 0) is 18.4 Å². The molecule has 9 heteroatoms. The van der Waals surface area contributed by atoms with Crippen LogP contribution < -0.4 is 16.4 Å². The number of benzene rings is 1. The Morgan fingerprint density at radius 1 is 1.12 bits per heavy atom. The summed E-state index contributed by atoms with van der Waals surface area (Å²) in [7, 11) is 1.89. The molecule has 4 rings (SSSR count). The van der Waals surface area contributed by atoms with E-state index in [0.717, 1.165) is 33.6 Å². The number of amides is 1. The number of rotatable bonds is 6. The summed E-state index contributed by atoms with van der Waals surface area (Å²) in [6, 6.07) is 12.1. The van der Waals surface area contributed by atoms with Gasteiger partial charge in [0.25, 0.3) is 5.91 Å². The molecule has 170 valence electrons. The molecule has 0 saturated carbocycles. The number of pyridine rings is 1. The Kier molecular flexibility index (Phi) is 5.87. The Hall–Kier alpha value is -4.14. The van der Waals surface area contributed by atoms with Crippen molar-refractivity contribution in [2.75, 3.05) is 0 Å². The SMILES string of the molecule is Cn1cc(-c2cc(-c3ccc(CNC(=O)/C(N)=C/NC(C)(C)C)cc3)n3cnnc3c2)cn1. The molecule has 0 saturated heterocycles. The lowest BCUT2D eigenvalue weighted by Gasteiger charge is -2.19. The number of fused-ring (bicyclic) bond motifs is 1. The fourth-order valence-electron chi connectivity index (χ4n) is 3.32. The molecule has 4 aromatic rings. The number of aryl methyl sites for hydroxylation is 1. The minimum Gasteiger partial charge on any atom is -0.393 e. The maximum absolute atomic E-state index is 12.2. The van der Waals surface area contributed by atoms with Gasteiger partial charge in [-0.2, -0.15) is 5.10 Å². The number of hydrogen-bond donors (Lipinski definition) is 3. The first-order chi connectivity index (χ1) is 15.7. The van der Waals surface area contributed by atoms with E-state index >= 15 is 0 Å². The van der Waals surface area contributed by atoms with E-state index in [-0.39, 0.29) is 17.1 Å². The summed E-state index contributed by atoms with van der Waals surface area (Å²) < 4.78 is 3.72. The van der Waals surface area contributed by atoms with Crippen molar-refractivity contribution in [3.63, 3.8) is 0 Å². The van der Waals surface area contributed by atoms with Gasteiger partial charge in [-0.1, -0.05) is 24.3 Å². The number of nitrogens with zero attached hydrogens (tertiary/aromatic N) is 5. The van der Waals surface area contributed by atoms with Crippen molar-refractivity contribution in [3.05, 3.63) is 72.6 Å². The summed E-state index contributed by atoms with van der Waals surface area (Å²) in [5.74, 6) is -0.314. The molecule has 1 aromatic carbocycles. The lowest BCUT2D eigenvalue weighted by Crippen LogP contribution is -2.35. The van der Waals surface area contributed by atoms with Crippen molar-refractivity contribution >= 4 is 11.6 Å². The van der Waals surface area contributed by atoms with Crippen LogP contribution >= 0.6 is 0 Å². The molecular weight excluding hydrogens is 416 g/mol. The van der Waals surface area contributed by atoms with Crippen LogP contribution in [0.5, 0.6) is 0 Å². The molecule has 0 bridgehead atoms. The Morgan fingerprint density at radius 3 is 2.55 bits per heavy atom. The van der Waals surface area contributed by atoms with Gasteiger partial charge in [0.1, 0.15) is 12.0 Å². The van der Waals surface area contributed by atoms with Crippen LogP contribution in [0.15, 0.2) is 67.0 Å². The predicted molar refractivity (Wildman–Crippen MR) is 128 cm³/mol. The standard InChI is InChI=1S/C24H28N8O/c1-24(2,3)27-13-20(25)23(33)26-11-16-5-7-17(8-6-16)21-9-18(19-12-29-31(4)14-19)10-22-30-28-15-32(21)22/h5-10,12-15,27H,11,25H2,1-4H3,(H,26,33)/b20-13-. The Bertz CT molecular complexity index is 1310. The van der Waals surface area contributed by atoms with Gasteiger partial charge in [-0.05, 0) is 49.6 Å². The van der Waals surface area contributed by atoms with E-state index in [1.165, 1.54) is 6.20 Å². The fourth-order valence-corrected chi connectivity index (χ4v) is 3.32. The van der Waals surface area contributed by atoms with Crippen LogP contribution in [-0.4, -0.2) is 35.8 Å². The molecule has 3 aromatic heterocycles. The van der Waals surface area contributed by atoms with Crippen LogP contribution in [0.3, 0.4) is 0 Å². The number of nitrogens with one attached hydrogen (secondary N) is 2. The molecule has 0 unspecified atom stereocenters. The van der Waals surface area contributed by atoms with Gasteiger partial charge in [0.05, 0.1) is 11.9 Å². The average Bonchev–Trinajstić information content (AvgIpc) is 3.43. The van der Waals surface area contributed by atoms with E-state index in [9.17, 15) is 4.79 Å². The molecule has 9 nitrogen and oxygen atoms in total. The highest BCUT2D eigenvalue weighted by atomic mass is 16.2. The Balaban J connectivity index is 1.52. The second kappa shape index (κ2) is 8.78. The monoisotopic (exact) mass is 444 g/mol. The maximum atomic E-state index is 12.2. The van der Waals surface area contributed by atoms with Gasteiger partial charge in [0.15, 0.2) is 5.65 Å². The largest absolute Gasteiger partial charge is 0.393 e. The van der Waals surface area contributed by atoms with Gasteiger partial charge in [-0.3, -0.25) is 13.9 Å². The number of carbonyl (C=O) groups is 1. The zero-order chi connectivity index (χ0) is 23.6. The molecule has 3 heterocycles. The zero-order valence-electron chi connectivity index (χ0n) is 19.2. The first kappa shape index (κ1) is 22.1. The lowest BCUT2D eigenvalue weighted by molar-refractivity contribution is -0.117. The number of hydrogen-bond acceptors (Lipinski definition) is 6. The third-order valence-corrected chi connectivity index (χ3v) is 5.07. The second-order valence-electron chi connectivity index (χ2n) is 8.96. The summed E-state index contributed by atoms with van der Waals surface area (Å²) in [5.41, 5.74) is 11.6. The van der Waals surface area contributed by atoms with E-state index in [0.29, 0.717) is 6.54 Å². The molecular formula is C24H28N8O. The Labute approximate surface area is 192 Å². The molecule has 0 atom stereocenters. The van der Waals surface area contributed by atoms with Crippen molar-refractivity contribution in [1.29, 1.82) is 0 Å². The average molecular weight is 445 g/mol. The van der Waals surface area contributed by atoms with Crippen molar-refractivity contribution in [3.8, 4) is 22.4 Å². The highest BCUT2D eigenvalue weighted by molar-refractivity contribution is 5.92. The van der Waals surface area contributed by atoms with Gasteiger partial charge < -0.3 is 16.4 Å². The first-order valence-electron chi connectivity index (χ1n) is 10.6. The van der Waals surface area contributed by atoms with Gasteiger partial charge in [-0.25, -0.2) is 0 Å². The summed E-state index contributed by atoms with van der Waals surface area (Å²) >= 11 is 0. The summed E-state index contributed by atoms with van der Waals surface area (Å²) in [5, 5.41) is 18.5. The van der Waals surface area contributed by atoms with E-state index < -0.39 is 0 Å². The molecule has 0 spiro atoms. The van der Waals surface area contributed by atoms with Crippen LogP contribution in [0.2, 0.25) is 0 Å². The third kappa shape index (κ3) is 5.20. The maximum Gasteiger partial charge on any atom is 0.268 e. The fraction of sp³-hybridized carbons (Fsp3) is 0.250. The van der Waals surface area contributed by atoms with Gasteiger partial charge >= 0.3 is 0 Å². The van der Waals surface area contributed by atoms with Crippen molar-refractivity contribution in [2.24, 2.45) is 12.8 Å². The number of nitrogens with two attached hydrogens (primary N) is 1. The number of carbonyl (C=O) groups excluding carboxylic acids is 1. The highest BCUT2D eigenvalue weighted by Gasteiger charge is 2.12. The lowest BCUT2D eigenvalue weighted by atomic mass is 10.0. The summed E-state index contributed by atoms with van der Waals surface area (Å²) in [4.78, 5) is 12.2. The predicted octanol–water partition coefficient (Wildman–Crippen LogP) is 2.60. The first-order valence-corrected chi connectivity index (χ1v) is 10.6. The number of aromatic nitrogens is 5. The third-order valence-electron chi connectivity index (χ3n) is 5.07. The molecule has 1 amide bonds. The second-order valence-corrected chi connectivity index (χ2v) is 8.96. The quantitative estimate of drug-likeness (QED) is 0.394. The van der Waals surface area contributed by atoms with Crippen LogP contribution in [0, 0.1) is 0 Å². The Morgan fingerprint density at radius 2 is 1.88 bits per heavy atom. The van der Waals surface area contributed by atoms with Crippen LogP contribution in [0.1, 0.15) is 26.3 Å². The van der Waals surface area contributed by atoms with E-state index in [1.54, 1.807) is 11.0 Å². The smallest absolute Gasteiger partial charge is 0.268 e. The van der Waals surface area contributed by atoms with E-state index in [1.807, 2.05) is 74.9 Å². The van der Waals surface area contributed by atoms with Gasteiger partial charge in [0.2, 0.25) is 0 Å². The molecule has 0 aliphatic rings. The van der Waals surface area contributed by atoms with Gasteiger partial charge in [-0.15, -0.1) is 10.2 Å². The molecule has 0 fully saturated rings. The van der Waals surface area contributed by atoms with Crippen LogP contribution in [0.4, 0.5) is 0 Å². The molecule has 0 aliphatic carbocycles. The molecule has 4 N–H and O–H groups in total. The normalized spacial score (nSPS) is 12.2. The van der Waals surface area contributed by atoms with Crippen molar-refractivity contribution < 1.29 is 4.79 Å².